The Bertz CT molecular complexity index is 1280. The number of aliphatic hydroxyl groups excluding tert-OH is 1. The van der Waals surface area contributed by atoms with Crippen molar-refractivity contribution in [2.24, 2.45) is 5.73 Å². The fourth-order valence-corrected chi connectivity index (χ4v) is 4.15. The zero-order valence-electron chi connectivity index (χ0n) is 20.8. The fourth-order valence-electron chi connectivity index (χ4n) is 4.15. The van der Waals surface area contributed by atoms with Gasteiger partial charge in [0.05, 0.1) is 6.10 Å². The van der Waals surface area contributed by atoms with Crippen molar-refractivity contribution in [3.8, 4) is 22.6 Å². The number of imidazole rings is 1. The lowest BCUT2D eigenvalue weighted by Gasteiger charge is -2.21. The molecule has 0 bridgehead atoms. The van der Waals surface area contributed by atoms with Crippen molar-refractivity contribution in [2.75, 3.05) is 0 Å². The first-order chi connectivity index (χ1) is 17.4. The second kappa shape index (κ2) is 12.9. The zero-order valence-corrected chi connectivity index (χ0v) is 21.7. The lowest BCUT2D eigenvalue weighted by Crippen LogP contribution is -2.21. The average molecular weight is 522 g/mol. The first-order valence-electron chi connectivity index (χ1n) is 12.0. The monoisotopic (exact) mass is 521 g/mol. The minimum Gasteiger partial charge on any atom is -0.455 e. The highest BCUT2D eigenvalue weighted by molar-refractivity contribution is 5.90. The number of aromatic nitrogens is 2. The van der Waals surface area contributed by atoms with Gasteiger partial charge in [0.1, 0.15) is 23.0 Å². The normalized spacial score (nSPS) is 13.2. The van der Waals surface area contributed by atoms with Crippen molar-refractivity contribution < 1.29 is 19.4 Å². The first-order valence-corrected chi connectivity index (χ1v) is 12.0. The van der Waals surface area contributed by atoms with Gasteiger partial charge in [0.25, 0.3) is 5.91 Å². The number of halogens is 1. The average Bonchev–Trinajstić information content (AvgIpc) is 3.36. The number of para-hydroxylation sites is 1. The van der Waals surface area contributed by atoms with Gasteiger partial charge < -0.3 is 25.3 Å². The number of aliphatic hydroxyl groups is 1. The minimum absolute atomic E-state index is 0. The van der Waals surface area contributed by atoms with Crippen LogP contribution >= 0.6 is 12.4 Å². The molecule has 37 heavy (non-hydrogen) atoms. The number of amides is 1. The Morgan fingerprint density at radius 2 is 1.59 bits per heavy atom. The van der Waals surface area contributed by atoms with Crippen LogP contribution in [0.5, 0.6) is 11.5 Å². The molecule has 1 aromatic heterocycles. The van der Waals surface area contributed by atoms with Crippen LogP contribution < -0.4 is 15.2 Å². The molecule has 194 valence electrons. The number of rotatable bonds is 11. The van der Waals surface area contributed by atoms with Crippen LogP contribution in [0, 0.1) is 0 Å². The molecule has 1 unspecified atom stereocenters. The summed E-state index contributed by atoms with van der Waals surface area (Å²) in [5.74, 6) is 1.07. The summed E-state index contributed by atoms with van der Waals surface area (Å²) >= 11 is 0. The predicted octanol–water partition coefficient (Wildman–Crippen LogP) is 5.50. The Hall–Kier alpha value is -3.81. The summed E-state index contributed by atoms with van der Waals surface area (Å²) in [6.07, 6.45) is 1.53. The maximum absolute atomic E-state index is 11.4. The van der Waals surface area contributed by atoms with Gasteiger partial charge in [-0.1, -0.05) is 60.7 Å². The third-order valence-electron chi connectivity index (χ3n) is 6.04. The summed E-state index contributed by atoms with van der Waals surface area (Å²) in [7, 11) is 0. The molecular formula is C29H32ClN3O4. The molecule has 1 heterocycles. The van der Waals surface area contributed by atoms with Gasteiger partial charge in [0.2, 0.25) is 6.29 Å². The Morgan fingerprint density at radius 1 is 0.946 bits per heavy atom. The van der Waals surface area contributed by atoms with Gasteiger partial charge in [0, 0.05) is 19.0 Å². The van der Waals surface area contributed by atoms with Crippen LogP contribution in [-0.4, -0.2) is 33.4 Å². The first kappa shape index (κ1) is 27.8. The molecule has 4 N–H and O–H groups in total. The van der Waals surface area contributed by atoms with E-state index < -0.39 is 18.3 Å². The van der Waals surface area contributed by atoms with E-state index >= 15 is 0 Å². The number of benzene rings is 3. The lowest BCUT2D eigenvalue weighted by atomic mass is 9.94. The second-order valence-electron chi connectivity index (χ2n) is 8.72. The maximum atomic E-state index is 11.4. The molecular weight excluding hydrogens is 490 g/mol. The highest BCUT2D eigenvalue weighted by Crippen LogP contribution is 2.28. The minimum atomic E-state index is -0.661. The van der Waals surface area contributed by atoms with E-state index in [1.807, 2.05) is 73.7 Å². The number of carbonyl (C=O) groups is 1. The van der Waals surface area contributed by atoms with Crippen molar-refractivity contribution in [3.63, 3.8) is 0 Å². The molecule has 0 aliphatic heterocycles. The van der Waals surface area contributed by atoms with E-state index in [2.05, 4.69) is 22.1 Å². The number of hydrogen-bond donors (Lipinski definition) is 3. The SMILES string of the molecule is CC(Oc1ccc(-c2ccccc2)cc1)Oc1ccccc1CC[C@H](c1nc(C(N)=O)c[nH]1)[C@H](C)O.Cl. The van der Waals surface area contributed by atoms with Gasteiger partial charge in [-0.2, -0.15) is 0 Å². The van der Waals surface area contributed by atoms with E-state index in [0.717, 1.165) is 22.4 Å². The summed E-state index contributed by atoms with van der Waals surface area (Å²) in [6.45, 7) is 3.56. The molecule has 0 radical (unpaired) electrons. The quantitative estimate of drug-likeness (QED) is 0.226. The number of aryl methyl sites for hydroxylation is 1. The van der Waals surface area contributed by atoms with Crippen molar-refractivity contribution in [2.45, 2.75) is 45.0 Å². The third-order valence-corrected chi connectivity index (χ3v) is 6.04. The fraction of sp³-hybridized carbons (Fsp3) is 0.241. The molecule has 3 aromatic carbocycles. The van der Waals surface area contributed by atoms with E-state index in [1.165, 1.54) is 6.20 Å². The summed E-state index contributed by atoms with van der Waals surface area (Å²) in [4.78, 5) is 18.6. The van der Waals surface area contributed by atoms with Crippen LogP contribution in [0.1, 0.15) is 48.1 Å². The van der Waals surface area contributed by atoms with E-state index in [-0.39, 0.29) is 24.0 Å². The Kier molecular flexibility index (Phi) is 9.71. The highest BCUT2D eigenvalue weighted by Gasteiger charge is 2.22. The van der Waals surface area contributed by atoms with Crippen LogP contribution in [-0.2, 0) is 6.42 Å². The molecule has 4 aromatic rings. The molecule has 0 fully saturated rings. The molecule has 3 atom stereocenters. The number of primary amides is 1. The van der Waals surface area contributed by atoms with Crippen molar-refractivity contribution in [3.05, 3.63) is 102 Å². The van der Waals surface area contributed by atoms with Crippen LogP contribution in [0.15, 0.2) is 85.1 Å². The molecule has 1 amide bonds. The van der Waals surface area contributed by atoms with Gasteiger partial charge in [-0.15, -0.1) is 12.4 Å². The molecule has 7 nitrogen and oxygen atoms in total. The van der Waals surface area contributed by atoms with E-state index in [9.17, 15) is 9.90 Å². The molecule has 0 aliphatic carbocycles. The number of nitrogens with two attached hydrogens (primary N) is 1. The van der Waals surface area contributed by atoms with E-state index in [1.54, 1.807) is 6.92 Å². The molecule has 0 saturated carbocycles. The maximum Gasteiger partial charge on any atom is 0.268 e. The largest absolute Gasteiger partial charge is 0.455 e. The standard InChI is InChI=1S/C29H31N3O4.ClH/c1-19(33)25(29-31-18-26(32-29)28(30)34)17-14-23-10-6-7-11-27(23)36-20(2)35-24-15-12-22(13-16-24)21-8-4-3-5-9-21;/h3-13,15-16,18-20,25,33H,14,17H2,1-2H3,(H2,30,34)(H,31,32);1H/t19-,20?,25-;/m0./s1. The molecule has 0 spiro atoms. The summed E-state index contributed by atoms with van der Waals surface area (Å²) in [6, 6.07) is 25.9. The summed E-state index contributed by atoms with van der Waals surface area (Å²) in [5.41, 5.74) is 8.72. The number of nitrogens with one attached hydrogen (secondary N) is 1. The van der Waals surface area contributed by atoms with Gasteiger partial charge >= 0.3 is 0 Å². The number of carbonyl (C=O) groups excluding carboxylic acids is 1. The third kappa shape index (κ3) is 7.35. The van der Waals surface area contributed by atoms with Gasteiger partial charge in [-0.05, 0) is 54.7 Å². The Balaban J connectivity index is 0.00000380. The number of aromatic amines is 1. The van der Waals surface area contributed by atoms with Crippen LogP contribution in [0.2, 0.25) is 0 Å². The van der Waals surface area contributed by atoms with Crippen molar-refractivity contribution in [1.29, 1.82) is 0 Å². The summed E-state index contributed by atoms with van der Waals surface area (Å²) < 4.78 is 12.1. The van der Waals surface area contributed by atoms with Crippen molar-refractivity contribution in [1.82, 2.24) is 9.97 Å². The highest BCUT2D eigenvalue weighted by atomic mass is 35.5. The van der Waals surface area contributed by atoms with Crippen LogP contribution in [0.25, 0.3) is 11.1 Å². The van der Waals surface area contributed by atoms with Gasteiger partial charge in [0.15, 0.2) is 0 Å². The van der Waals surface area contributed by atoms with Crippen LogP contribution in [0.3, 0.4) is 0 Å². The van der Waals surface area contributed by atoms with Gasteiger partial charge in [-0.3, -0.25) is 4.79 Å². The molecule has 0 saturated heterocycles. The summed E-state index contributed by atoms with van der Waals surface area (Å²) in [5, 5.41) is 10.3. The predicted molar refractivity (Wildman–Crippen MR) is 146 cm³/mol. The lowest BCUT2D eigenvalue weighted by molar-refractivity contribution is 0.0214. The molecule has 4 rings (SSSR count). The van der Waals surface area contributed by atoms with Gasteiger partial charge in [-0.25, -0.2) is 4.98 Å². The van der Waals surface area contributed by atoms with Crippen LogP contribution in [0.4, 0.5) is 0 Å². The molecule has 0 aliphatic rings. The second-order valence-corrected chi connectivity index (χ2v) is 8.72. The van der Waals surface area contributed by atoms with Crippen molar-refractivity contribution >= 4 is 18.3 Å². The Morgan fingerprint density at radius 3 is 2.24 bits per heavy atom. The number of H-pyrrole nitrogens is 1. The van der Waals surface area contributed by atoms with E-state index in [0.29, 0.717) is 24.4 Å². The van der Waals surface area contributed by atoms with E-state index in [4.69, 9.17) is 15.2 Å². The molecule has 8 heteroatoms. The number of hydrogen-bond acceptors (Lipinski definition) is 5. The zero-order chi connectivity index (χ0) is 25.5. The smallest absolute Gasteiger partial charge is 0.268 e. The number of ether oxygens (including phenoxy) is 2. The number of nitrogens with zero attached hydrogens (tertiary/aromatic N) is 1. The Labute approximate surface area is 223 Å². The topological polar surface area (TPSA) is 110 Å².